The number of carbonyl (C=O) groups is 3. The van der Waals surface area contributed by atoms with Crippen LogP contribution in [0.5, 0.6) is 5.75 Å². The Bertz CT molecular complexity index is 503. The molecule has 1 aromatic carbocycles. The predicted molar refractivity (Wildman–Crippen MR) is 65.2 cm³/mol. The van der Waals surface area contributed by atoms with Crippen LogP contribution in [0.3, 0.4) is 0 Å². The first-order valence-electron chi connectivity index (χ1n) is 5.56. The molecule has 0 spiro atoms. The fraction of sp³-hybridized carbons (Fsp3) is 0.250. The molecule has 3 N–H and O–H groups in total. The van der Waals surface area contributed by atoms with E-state index in [-0.39, 0.29) is 5.75 Å². The van der Waals surface area contributed by atoms with Gasteiger partial charge in [-0.2, -0.15) is 0 Å². The molecular formula is C12H13FN2O5. The number of amides is 3. The second-order valence-corrected chi connectivity index (χ2v) is 3.73. The van der Waals surface area contributed by atoms with Crippen LogP contribution in [-0.2, 0) is 14.3 Å². The fourth-order valence-electron chi connectivity index (χ4n) is 1.19. The minimum absolute atomic E-state index is 0.275. The highest BCUT2D eigenvalue weighted by Gasteiger charge is 2.18. The Morgan fingerprint density at radius 2 is 1.90 bits per heavy atom. The minimum Gasteiger partial charge on any atom is -0.479 e. The maximum absolute atomic E-state index is 12.7. The lowest BCUT2D eigenvalue weighted by Crippen LogP contribution is -2.39. The molecular weight excluding hydrogens is 271 g/mol. The summed E-state index contributed by atoms with van der Waals surface area (Å²) in [6.07, 6.45) is -0.998. The Morgan fingerprint density at radius 1 is 1.30 bits per heavy atom. The summed E-state index contributed by atoms with van der Waals surface area (Å²) in [6, 6.07) is 4.00. The lowest BCUT2D eigenvalue weighted by atomic mass is 10.3. The molecule has 0 heterocycles. The third-order valence-electron chi connectivity index (χ3n) is 2.07. The number of benzene rings is 1. The first-order chi connectivity index (χ1) is 9.38. The van der Waals surface area contributed by atoms with Crippen molar-refractivity contribution < 1.29 is 28.2 Å². The van der Waals surface area contributed by atoms with Gasteiger partial charge < -0.3 is 15.2 Å². The first kappa shape index (κ1) is 15.4. The van der Waals surface area contributed by atoms with Crippen LogP contribution in [0.2, 0.25) is 0 Å². The SMILES string of the molecule is C[C@@H](Oc1ccc(F)cc1)C(=O)OCC(=O)NC(N)=O. The van der Waals surface area contributed by atoms with Crippen LogP contribution < -0.4 is 15.8 Å². The Morgan fingerprint density at radius 3 is 2.45 bits per heavy atom. The molecule has 7 nitrogen and oxygen atoms in total. The molecule has 0 radical (unpaired) electrons. The predicted octanol–water partition coefficient (Wildman–Crippen LogP) is 0.331. The lowest BCUT2D eigenvalue weighted by molar-refractivity contribution is -0.154. The van der Waals surface area contributed by atoms with Gasteiger partial charge in [0, 0.05) is 0 Å². The van der Waals surface area contributed by atoms with Gasteiger partial charge in [0.1, 0.15) is 11.6 Å². The van der Waals surface area contributed by atoms with Gasteiger partial charge in [-0.3, -0.25) is 10.1 Å². The van der Waals surface area contributed by atoms with Crippen molar-refractivity contribution in [3.05, 3.63) is 30.1 Å². The maximum Gasteiger partial charge on any atom is 0.347 e. The van der Waals surface area contributed by atoms with E-state index in [9.17, 15) is 18.8 Å². The van der Waals surface area contributed by atoms with Gasteiger partial charge in [0.15, 0.2) is 12.7 Å². The van der Waals surface area contributed by atoms with Crippen molar-refractivity contribution in [3.8, 4) is 5.75 Å². The molecule has 0 bridgehead atoms. The van der Waals surface area contributed by atoms with Crippen molar-refractivity contribution in [3.63, 3.8) is 0 Å². The molecule has 0 aliphatic heterocycles. The largest absolute Gasteiger partial charge is 0.479 e. The number of nitrogens with one attached hydrogen (secondary N) is 1. The third kappa shape index (κ3) is 5.34. The summed E-state index contributed by atoms with van der Waals surface area (Å²) in [5, 5.41) is 1.73. The number of hydrogen-bond acceptors (Lipinski definition) is 5. The molecule has 0 fully saturated rings. The van der Waals surface area contributed by atoms with Gasteiger partial charge in [-0.15, -0.1) is 0 Å². The van der Waals surface area contributed by atoms with Crippen LogP contribution in [0.4, 0.5) is 9.18 Å². The van der Waals surface area contributed by atoms with Crippen molar-refractivity contribution >= 4 is 17.9 Å². The smallest absolute Gasteiger partial charge is 0.347 e. The summed E-state index contributed by atoms with van der Waals surface area (Å²) in [5.74, 6) is -1.82. The minimum atomic E-state index is -1.04. The maximum atomic E-state index is 12.7. The zero-order chi connectivity index (χ0) is 15.1. The van der Waals surface area contributed by atoms with E-state index in [1.54, 1.807) is 5.32 Å². The molecule has 0 unspecified atom stereocenters. The van der Waals surface area contributed by atoms with E-state index in [1.165, 1.54) is 31.2 Å². The second-order valence-electron chi connectivity index (χ2n) is 3.73. The molecule has 0 saturated carbocycles. The summed E-state index contributed by atoms with van der Waals surface area (Å²) in [4.78, 5) is 32.8. The van der Waals surface area contributed by atoms with Crippen LogP contribution in [0.25, 0.3) is 0 Å². The number of carbonyl (C=O) groups excluding carboxylic acids is 3. The van der Waals surface area contributed by atoms with Gasteiger partial charge in [-0.1, -0.05) is 0 Å². The van der Waals surface area contributed by atoms with E-state index in [0.717, 1.165) is 0 Å². The van der Waals surface area contributed by atoms with E-state index in [1.807, 2.05) is 0 Å². The molecule has 3 amide bonds. The Labute approximate surface area is 113 Å². The lowest BCUT2D eigenvalue weighted by Gasteiger charge is -2.13. The molecule has 0 saturated heterocycles. The number of hydrogen-bond donors (Lipinski definition) is 2. The number of rotatable bonds is 5. The van der Waals surface area contributed by atoms with Crippen molar-refractivity contribution in [1.29, 1.82) is 0 Å². The number of ether oxygens (including phenoxy) is 2. The fourth-order valence-corrected chi connectivity index (χ4v) is 1.19. The highest BCUT2D eigenvalue weighted by molar-refractivity contribution is 5.94. The van der Waals surface area contributed by atoms with Crippen LogP contribution in [0, 0.1) is 5.82 Å². The average molecular weight is 284 g/mol. The summed E-state index contributed by atoms with van der Waals surface area (Å²) in [5.41, 5.74) is 4.71. The van der Waals surface area contributed by atoms with Crippen LogP contribution in [0.1, 0.15) is 6.92 Å². The molecule has 0 aromatic heterocycles. The van der Waals surface area contributed by atoms with Crippen molar-refractivity contribution in [1.82, 2.24) is 5.32 Å². The average Bonchev–Trinajstić information content (AvgIpc) is 2.37. The van der Waals surface area contributed by atoms with Gasteiger partial charge in [0.2, 0.25) is 0 Å². The van der Waals surface area contributed by atoms with E-state index in [2.05, 4.69) is 4.74 Å². The van der Waals surface area contributed by atoms with Crippen LogP contribution in [0.15, 0.2) is 24.3 Å². The van der Waals surface area contributed by atoms with Gasteiger partial charge in [-0.25, -0.2) is 14.0 Å². The quantitative estimate of drug-likeness (QED) is 0.758. The topological polar surface area (TPSA) is 108 Å². The highest BCUT2D eigenvalue weighted by atomic mass is 19.1. The molecule has 1 atom stereocenters. The number of esters is 1. The molecule has 108 valence electrons. The standard InChI is InChI=1S/C12H13FN2O5/c1-7(20-9-4-2-8(13)3-5-9)11(17)19-6-10(16)15-12(14)18/h2-5,7H,6H2,1H3,(H3,14,15,16,18)/t7-/m1/s1. The number of halogens is 1. The van der Waals surface area contributed by atoms with E-state index in [0.29, 0.717) is 0 Å². The molecule has 0 aliphatic rings. The Kier molecular flexibility index (Phi) is 5.45. The van der Waals surface area contributed by atoms with Crippen molar-refractivity contribution in [2.24, 2.45) is 5.73 Å². The van der Waals surface area contributed by atoms with Crippen molar-refractivity contribution in [2.75, 3.05) is 6.61 Å². The van der Waals surface area contributed by atoms with Crippen LogP contribution in [-0.4, -0.2) is 30.6 Å². The number of primary amides is 1. The Balaban J connectivity index is 2.41. The zero-order valence-corrected chi connectivity index (χ0v) is 10.6. The summed E-state index contributed by atoms with van der Waals surface area (Å²) < 4.78 is 22.5. The molecule has 20 heavy (non-hydrogen) atoms. The van der Waals surface area contributed by atoms with Gasteiger partial charge in [0.05, 0.1) is 0 Å². The van der Waals surface area contributed by atoms with E-state index in [4.69, 9.17) is 10.5 Å². The first-order valence-corrected chi connectivity index (χ1v) is 5.56. The Hall–Kier alpha value is -2.64. The second kappa shape index (κ2) is 7.07. The van der Waals surface area contributed by atoms with Gasteiger partial charge in [-0.05, 0) is 31.2 Å². The van der Waals surface area contributed by atoms with E-state index < -0.39 is 36.4 Å². The number of urea groups is 1. The monoisotopic (exact) mass is 284 g/mol. The van der Waals surface area contributed by atoms with E-state index >= 15 is 0 Å². The zero-order valence-electron chi connectivity index (χ0n) is 10.6. The summed E-state index contributed by atoms with van der Waals surface area (Å²) in [6.45, 7) is 0.747. The summed E-state index contributed by atoms with van der Waals surface area (Å²) >= 11 is 0. The van der Waals surface area contributed by atoms with Gasteiger partial charge >= 0.3 is 12.0 Å². The van der Waals surface area contributed by atoms with Crippen LogP contribution >= 0.6 is 0 Å². The normalized spacial score (nSPS) is 11.3. The number of nitrogens with two attached hydrogens (primary N) is 1. The number of imide groups is 1. The molecule has 0 aliphatic carbocycles. The molecule has 8 heteroatoms. The van der Waals surface area contributed by atoms with Crippen molar-refractivity contribution in [2.45, 2.75) is 13.0 Å². The molecule has 1 rings (SSSR count). The summed E-state index contributed by atoms with van der Waals surface area (Å²) in [7, 11) is 0. The third-order valence-corrected chi connectivity index (χ3v) is 2.07. The highest BCUT2D eigenvalue weighted by Crippen LogP contribution is 2.13. The van der Waals surface area contributed by atoms with Gasteiger partial charge in [0.25, 0.3) is 5.91 Å². The molecule has 1 aromatic rings.